The Kier molecular flexibility index (Phi) is 2.99. The Labute approximate surface area is 124 Å². The van der Waals surface area contributed by atoms with Crippen molar-refractivity contribution in [2.75, 3.05) is 4.90 Å². The second kappa shape index (κ2) is 4.71. The van der Waals surface area contributed by atoms with Crippen LogP contribution in [0.1, 0.15) is 31.1 Å². The lowest BCUT2D eigenvalue weighted by molar-refractivity contribution is 0.0696. The predicted molar refractivity (Wildman–Crippen MR) is 76.0 cm³/mol. The minimum Gasteiger partial charge on any atom is -0.478 e. The summed E-state index contributed by atoms with van der Waals surface area (Å²) in [5.41, 5.74) is 0.773. The smallest absolute Gasteiger partial charge is 0.335 e. The van der Waals surface area contributed by atoms with Crippen LogP contribution in [-0.2, 0) is 0 Å². The SMILES string of the molecule is O=C(O)c1ccc(N2C(=O)c3ccccc3C2=O)c(Cl)c1. The number of benzene rings is 2. The molecule has 21 heavy (non-hydrogen) atoms. The highest BCUT2D eigenvalue weighted by atomic mass is 35.5. The minimum atomic E-state index is -1.13. The molecule has 0 atom stereocenters. The number of hydrogen-bond donors (Lipinski definition) is 1. The molecule has 0 saturated heterocycles. The van der Waals surface area contributed by atoms with Gasteiger partial charge in [0, 0.05) is 0 Å². The molecule has 0 aliphatic carbocycles. The first kappa shape index (κ1) is 13.3. The van der Waals surface area contributed by atoms with Crippen LogP contribution in [0.4, 0.5) is 5.69 Å². The van der Waals surface area contributed by atoms with E-state index >= 15 is 0 Å². The number of anilines is 1. The minimum absolute atomic E-state index is 0.0136. The Morgan fingerprint density at radius 1 is 1.00 bits per heavy atom. The van der Waals surface area contributed by atoms with Crippen molar-refractivity contribution in [1.82, 2.24) is 0 Å². The fourth-order valence-electron chi connectivity index (χ4n) is 2.23. The van der Waals surface area contributed by atoms with E-state index in [1.54, 1.807) is 24.3 Å². The van der Waals surface area contributed by atoms with Gasteiger partial charge >= 0.3 is 5.97 Å². The van der Waals surface area contributed by atoms with Crippen LogP contribution in [0, 0.1) is 0 Å². The van der Waals surface area contributed by atoms with Crippen LogP contribution in [0.5, 0.6) is 0 Å². The maximum atomic E-state index is 12.3. The first-order chi connectivity index (χ1) is 10.0. The fraction of sp³-hybridized carbons (Fsp3) is 0. The van der Waals surface area contributed by atoms with Crippen molar-refractivity contribution in [1.29, 1.82) is 0 Å². The Balaban J connectivity index is 2.09. The third-order valence-corrected chi connectivity index (χ3v) is 3.53. The van der Waals surface area contributed by atoms with Gasteiger partial charge in [0.1, 0.15) is 0 Å². The second-order valence-electron chi connectivity index (χ2n) is 4.46. The number of carbonyl (C=O) groups excluding carboxylic acids is 2. The van der Waals surface area contributed by atoms with Crippen LogP contribution >= 0.6 is 11.6 Å². The summed E-state index contributed by atoms with van der Waals surface area (Å²) >= 11 is 6.02. The standard InChI is InChI=1S/C15H8ClNO4/c16-11-7-8(15(20)21)5-6-12(11)17-13(18)9-3-1-2-4-10(9)14(17)19/h1-7H,(H,20,21). The van der Waals surface area contributed by atoms with Crippen molar-refractivity contribution >= 4 is 35.1 Å². The molecule has 0 aromatic heterocycles. The molecule has 0 radical (unpaired) electrons. The molecular formula is C15H8ClNO4. The van der Waals surface area contributed by atoms with Crippen molar-refractivity contribution in [2.45, 2.75) is 0 Å². The van der Waals surface area contributed by atoms with E-state index in [0.717, 1.165) is 4.90 Å². The predicted octanol–water partition coefficient (Wildman–Crippen LogP) is 2.84. The summed E-state index contributed by atoms with van der Waals surface area (Å²) in [6, 6.07) is 10.3. The van der Waals surface area contributed by atoms with Crippen LogP contribution < -0.4 is 4.90 Å². The lowest BCUT2D eigenvalue weighted by Gasteiger charge is -2.15. The molecule has 6 heteroatoms. The van der Waals surface area contributed by atoms with Gasteiger partial charge < -0.3 is 5.11 Å². The summed E-state index contributed by atoms with van der Waals surface area (Å²) in [5, 5.41) is 8.94. The number of amides is 2. The zero-order valence-electron chi connectivity index (χ0n) is 10.5. The number of carboxylic acid groups (broad SMARTS) is 1. The van der Waals surface area contributed by atoms with E-state index in [1.807, 2.05) is 0 Å². The fourth-order valence-corrected chi connectivity index (χ4v) is 2.49. The number of aromatic carboxylic acids is 1. The summed E-state index contributed by atoms with van der Waals surface area (Å²) < 4.78 is 0. The molecule has 104 valence electrons. The van der Waals surface area contributed by atoms with Gasteiger partial charge in [-0.1, -0.05) is 23.7 Å². The molecule has 1 aliphatic rings. The van der Waals surface area contributed by atoms with E-state index in [9.17, 15) is 14.4 Å². The largest absolute Gasteiger partial charge is 0.478 e. The first-order valence-electron chi connectivity index (χ1n) is 6.01. The Morgan fingerprint density at radius 3 is 2.05 bits per heavy atom. The summed E-state index contributed by atoms with van der Waals surface area (Å²) in [7, 11) is 0. The summed E-state index contributed by atoms with van der Waals surface area (Å²) in [6.45, 7) is 0. The molecule has 5 nitrogen and oxygen atoms in total. The Bertz CT molecular complexity index is 765. The molecule has 0 fully saturated rings. The monoisotopic (exact) mass is 301 g/mol. The number of carbonyl (C=O) groups is 3. The number of nitrogens with zero attached hydrogens (tertiary/aromatic N) is 1. The van der Waals surface area contributed by atoms with E-state index in [2.05, 4.69) is 0 Å². The molecule has 0 spiro atoms. The molecule has 0 unspecified atom stereocenters. The molecule has 1 aliphatic heterocycles. The van der Waals surface area contributed by atoms with Gasteiger partial charge in [0.2, 0.25) is 0 Å². The van der Waals surface area contributed by atoms with Crippen molar-refractivity contribution in [3.8, 4) is 0 Å². The molecule has 2 amide bonds. The third-order valence-electron chi connectivity index (χ3n) is 3.23. The highest BCUT2D eigenvalue weighted by molar-refractivity contribution is 6.40. The van der Waals surface area contributed by atoms with E-state index < -0.39 is 17.8 Å². The van der Waals surface area contributed by atoms with Gasteiger partial charge in [0.25, 0.3) is 11.8 Å². The molecule has 2 aromatic carbocycles. The van der Waals surface area contributed by atoms with E-state index in [4.69, 9.17) is 16.7 Å². The van der Waals surface area contributed by atoms with Crippen molar-refractivity contribution in [3.63, 3.8) is 0 Å². The second-order valence-corrected chi connectivity index (χ2v) is 4.87. The van der Waals surface area contributed by atoms with Gasteiger partial charge in [-0.05, 0) is 30.3 Å². The van der Waals surface area contributed by atoms with Gasteiger partial charge in [-0.15, -0.1) is 0 Å². The zero-order valence-corrected chi connectivity index (χ0v) is 11.3. The molecule has 3 rings (SSSR count). The number of carboxylic acids is 1. The Morgan fingerprint density at radius 2 is 1.57 bits per heavy atom. The van der Waals surface area contributed by atoms with Gasteiger partial charge in [0.15, 0.2) is 0 Å². The van der Waals surface area contributed by atoms with Gasteiger partial charge in [-0.25, -0.2) is 9.69 Å². The third kappa shape index (κ3) is 1.98. The average Bonchev–Trinajstić information content (AvgIpc) is 2.72. The molecule has 1 heterocycles. The maximum absolute atomic E-state index is 12.3. The van der Waals surface area contributed by atoms with Crippen LogP contribution in [0.15, 0.2) is 42.5 Å². The van der Waals surface area contributed by atoms with Crippen LogP contribution in [-0.4, -0.2) is 22.9 Å². The first-order valence-corrected chi connectivity index (χ1v) is 6.39. The van der Waals surface area contributed by atoms with E-state index in [-0.39, 0.29) is 16.3 Å². The number of hydrogen-bond acceptors (Lipinski definition) is 3. The van der Waals surface area contributed by atoms with Gasteiger partial charge in [0.05, 0.1) is 27.4 Å². The topological polar surface area (TPSA) is 74.7 Å². The molecular weight excluding hydrogens is 294 g/mol. The average molecular weight is 302 g/mol. The quantitative estimate of drug-likeness (QED) is 0.866. The van der Waals surface area contributed by atoms with Crippen molar-refractivity contribution < 1.29 is 19.5 Å². The van der Waals surface area contributed by atoms with Crippen LogP contribution in [0.2, 0.25) is 5.02 Å². The molecule has 0 bridgehead atoms. The van der Waals surface area contributed by atoms with E-state index in [1.165, 1.54) is 18.2 Å². The number of imide groups is 1. The molecule has 2 aromatic rings. The maximum Gasteiger partial charge on any atom is 0.335 e. The van der Waals surface area contributed by atoms with Crippen LogP contribution in [0.25, 0.3) is 0 Å². The van der Waals surface area contributed by atoms with Crippen molar-refractivity contribution in [2.24, 2.45) is 0 Å². The normalized spacial score (nSPS) is 13.5. The van der Waals surface area contributed by atoms with E-state index in [0.29, 0.717) is 11.1 Å². The highest BCUT2D eigenvalue weighted by Gasteiger charge is 2.37. The molecule has 0 saturated carbocycles. The lowest BCUT2D eigenvalue weighted by Crippen LogP contribution is -2.29. The zero-order chi connectivity index (χ0) is 15.1. The Hall–Kier alpha value is -2.66. The summed E-state index contributed by atoms with van der Waals surface area (Å²) in [4.78, 5) is 36.5. The summed E-state index contributed by atoms with van der Waals surface area (Å²) in [5.74, 6) is -2.08. The van der Waals surface area contributed by atoms with Crippen molar-refractivity contribution in [3.05, 3.63) is 64.2 Å². The van der Waals surface area contributed by atoms with Gasteiger partial charge in [-0.3, -0.25) is 9.59 Å². The summed E-state index contributed by atoms with van der Waals surface area (Å²) in [6.07, 6.45) is 0. The van der Waals surface area contributed by atoms with Gasteiger partial charge in [-0.2, -0.15) is 0 Å². The lowest BCUT2D eigenvalue weighted by atomic mass is 10.1. The number of rotatable bonds is 2. The van der Waals surface area contributed by atoms with Crippen LogP contribution in [0.3, 0.4) is 0 Å². The molecule has 1 N–H and O–H groups in total. The number of halogens is 1. The number of fused-ring (bicyclic) bond motifs is 1. The highest BCUT2D eigenvalue weighted by Crippen LogP contribution is 2.33.